The molecule has 1 aromatic rings. The van der Waals surface area contributed by atoms with Gasteiger partial charge in [0.25, 0.3) is 10.2 Å². The van der Waals surface area contributed by atoms with Crippen LogP contribution in [0, 0.1) is 6.92 Å². The van der Waals surface area contributed by atoms with Gasteiger partial charge in [0.05, 0.1) is 5.69 Å². The smallest absolute Gasteiger partial charge is 0.328 e. The zero-order valence-electron chi connectivity index (χ0n) is 11.5. The molecule has 6 nitrogen and oxygen atoms in total. The first-order chi connectivity index (χ1) is 9.19. The molecule has 0 aliphatic carbocycles. The highest BCUT2D eigenvalue weighted by Gasteiger charge is 2.11. The normalized spacial score (nSPS) is 12.0. The molecule has 0 atom stereocenters. The largest absolute Gasteiger partial charge is 0.478 e. The highest BCUT2D eigenvalue weighted by Crippen LogP contribution is 2.17. The Morgan fingerprint density at radius 1 is 1.35 bits per heavy atom. The van der Waals surface area contributed by atoms with Gasteiger partial charge in [-0.15, -0.1) is 0 Å². The maximum atomic E-state index is 11.7. The van der Waals surface area contributed by atoms with Gasteiger partial charge >= 0.3 is 5.97 Å². The second kappa shape index (κ2) is 6.53. The number of benzene rings is 1. The van der Waals surface area contributed by atoms with Crippen LogP contribution in [0.15, 0.2) is 24.3 Å². The van der Waals surface area contributed by atoms with Crippen LogP contribution in [0.2, 0.25) is 0 Å². The zero-order chi connectivity index (χ0) is 15.3. The summed E-state index contributed by atoms with van der Waals surface area (Å²) < 4.78 is 28.2. The molecule has 0 heterocycles. The third-order valence-corrected chi connectivity index (χ3v) is 3.60. The molecule has 1 rings (SSSR count). The molecule has 0 bridgehead atoms. The van der Waals surface area contributed by atoms with Crippen LogP contribution in [0.4, 0.5) is 5.69 Å². The van der Waals surface area contributed by atoms with Crippen LogP contribution >= 0.6 is 0 Å². The molecule has 0 aliphatic rings. The number of hydrogen-bond acceptors (Lipinski definition) is 3. The molecule has 20 heavy (non-hydrogen) atoms. The number of rotatable bonds is 6. The summed E-state index contributed by atoms with van der Waals surface area (Å²) in [6.45, 7) is 5.23. The number of carbonyl (C=O) groups is 1. The van der Waals surface area contributed by atoms with E-state index in [1.54, 1.807) is 39.0 Å². The average Bonchev–Trinajstić information content (AvgIpc) is 2.24. The topological polar surface area (TPSA) is 95.5 Å². The molecule has 0 aliphatic heterocycles. The number of anilines is 1. The molecule has 1 aromatic carbocycles. The lowest BCUT2D eigenvalue weighted by Crippen LogP contribution is -2.35. The Morgan fingerprint density at radius 2 is 2.00 bits per heavy atom. The third-order valence-electron chi connectivity index (χ3n) is 2.32. The lowest BCUT2D eigenvalue weighted by atomic mass is 10.1. The molecule has 0 unspecified atom stereocenters. The quantitative estimate of drug-likeness (QED) is 0.697. The van der Waals surface area contributed by atoms with Gasteiger partial charge in [-0.2, -0.15) is 13.1 Å². The molecule has 0 saturated heterocycles. The SMILES string of the molecule is Cc1cc(NS(=O)(=O)NC(C)C)ccc1/C=C/C(=O)O. The standard InChI is InChI=1S/C13H18N2O4S/c1-9(2)14-20(18,19)15-12-6-4-11(10(3)8-12)5-7-13(16)17/h4-9,14-15H,1-3H3,(H,16,17)/b7-5+. The van der Waals surface area contributed by atoms with E-state index in [1.165, 1.54) is 6.08 Å². The van der Waals surface area contributed by atoms with Crippen LogP contribution in [-0.4, -0.2) is 25.5 Å². The van der Waals surface area contributed by atoms with Crippen molar-refractivity contribution in [2.75, 3.05) is 4.72 Å². The molecule has 0 radical (unpaired) electrons. The first-order valence-electron chi connectivity index (χ1n) is 6.01. The molecule has 0 amide bonds. The van der Waals surface area contributed by atoms with E-state index in [9.17, 15) is 13.2 Å². The predicted molar refractivity (Wildman–Crippen MR) is 78.7 cm³/mol. The highest BCUT2D eigenvalue weighted by atomic mass is 32.2. The van der Waals surface area contributed by atoms with Crippen LogP contribution in [0.5, 0.6) is 0 Å². The number of carboxylic acid groups (broad SMARTS) is 1. The van der Waals surface area contributed by atoms with E-state index >= 15 is 0 Å². The molecule has 0 fully saturated rings. The predicted octanol–water partition coefficient (Wildman–Crippen LogP) is 1.75. The summed E-state index contributed by atoms with van der Waals surface area (Å²) in [5, 5.41) is 8.57. The van der Waals surface area contributed by atoms with Crippen molar-refractivity contribution in [3.05, 3.63) is 35.4 Å². The Hall–Kier alpha value is -1.86. The number of carboxylic acids is 1. The maximum absolute atomic E-state index is 11.7. The lowest BCUT2D eigenvalue weighted by molar-refractivity contribution is -0.131. The zero-order valence-corrected chi connectivity index (χ0v) is 12.4. The maximum Gasteiger partial charge on any atom is 0.328 e. The van der Waals surface area contributed by atoms with E-state index in [0.29, 0.717) is 11.3 Å². The minimum atomic E-state index is -3.60. The van der Waals surface area contributed by atoms with Crippen LogP contribution in [0.25, 0.3) is 6.08 Å². The van der Waals surface area contributed by atoms with Crippen LogP contribution in [0.3, 0.4) is 0 Å². The number of aliphatic carboxylic acids is 1. The molecule has 3 N–H and O–H groups in total. The highest BCUT2D eigenvalue weighted by molar-refractivity contribution is 7.90. The van der Waals surface area contributed by atoms with Gasteiger partial charge in [-0.05, 0) is 50.1 Å². The van der Waals surface area contributed by atoms with Gasteiger partial charge < -0.3 is 5.11 Å². The molecular weight excluding hydrogens is 280 g/mol. The van der Waals surface area contributed by atoms with Crippen molar-refractivity contribution in [1.82, 2.24) is 4.72 Å². The van der Waals surface area contributed by atoms with Crippen molar-refractivity contribution in [3.8, 4) is 0 Å². The van der Waals surface area contributed by atoms with Crippen molar-refractivity contribution in [3.63, 3.8) is 0 Å². The van der Waals surface area contributed by atoms with Gasteiger partial charge in [0.2, 0.25) is 0 Å². The summed E-state index contributed by atoms with van der Waals surface area (Å²) in [6, 6.07) is 4.67. The van der Waals surface area contributed by atoms with Gasteiger partial charge in [-0.1, -0.05) is 6.07 Å². The molecule has 110 valence electrons. The minimum Gasteiger partial charge on any atom is -0.478 e. The first kappa shape index (κ1) is 16.2. The Labute approximate surface area is 118 Å². The number of hydrogen-bond donors (Lipinski definition) is 3. The Balaban J connectivity index is 2.90. The fourth-order valence-electron chi connectivity index (χ4n) is 1.58. The molecular formula is C13H18N2O4S. The summed E-state index contributed by atoms with van der Waals surface area (Å²) >= 11 is 0. The van der Waals surface area contributed by atoms with Crippen molar-refractivity contribution in [1.29, 1.82) is 0 Å². The number of nitrogens with one attached hydrogen (secondary N) is 2. The van der Waals surface area contributed by atoms with Gasteiger partial charge in [0, 0.05) is 12.1 Å². The molecule has 7 heteroatoms. The van der Waals surface area contributed by atoms with Crippen molar-refractivity contribution in [2.45, 2.75) is 26.8 Å². The summed E-state index contributed by atoms with van der Waals surface area (Å²) in [5.41, 5.74) is 1.91. The van der Waals surface area contributed by atoms with E-state index in [0.717, 1.165) is 11.6 Å². The number of aryl methyl sites for hydroxylation is 1. The van der Waals surface area contributed by atoms with Crippen molar-refractivity contribution >= 4 is 27.9 Å². The third kappa shape index (κ3) is 5.41. The summed E-state index contributed by atoms with van der Waals surface area (Å²) in [4.78, 5) is 10.5. The van der Waals surface area contributed by atoms with E-state index in [1.807, 2.05) is 0 Å². The Bertz CT molecular complexity index is 621. The Morgan fingerprint density at radius 3 is 2.50 bits per heavy atom. The van der Waals surface area contributed by atoms with Crippen molar-refractivity contribution < 1.29 is 18.3 Å². The summed E-state index contributed by atoms with van der Waals surface area (Å²) in [7, 11) is -3.60. The Kier molecular flexibility index (Phi) is 5.29. The second-order valence-electron chi connectivity index (χ2n) is 4.62. The van der Waals surface area contributed by atoms with E-state index in [2.05, 4.69) is 9.44 Å². The monoisotopic (exact) mass is 298 g/mol. The van der Waals surface area contributed by atoms with Gasteiger partial charge in [-0.3, -0.25) is 4.72 Å². The summed E-state index contributed by atoms with van der Waals surface area (Å²) in [5.74, 6) is -1.03. The van der Waals surface area contributed by atoms with E-state index < -0.39 is 16.2 Å². The van der Waals surface area contributed by atoms with Gasteiger partial charge in [0.1, 0.15) is 0 Å². The van der Waals surface area contributed by atoms with Gasteiger partial charge in [0.15, 0.2) is 0 Å². The molecule has 0 saturated carbocycles. The van der Waals surface area contributed by atoms with Crippen molar-refractivity contribution in [2.24, 2.45) is 0 Å². The fourth-order valence-corrected chi connectivity index (χ4v) is 2.70. The molecule has 0 aromatic heterocycles. The van der Waals surface area contributed by atoms with E-state index in [-0.39, 0.29) is 6.04 Å². The summed E-state index contributed by atoms with van der Waals surface area (Å²) in [6.07, 6.45) is 2.49. The van der Waals surface area contributed by atoms with Crippen LogP contribution < -0.4 is 9.44 Å². The van der Waals surface area contributed by atoms with Gasteiger partial charge in [-0.25, -0.2) is 4.79 Å². The molecule has 0 spiro atoms. The fraction of sp³-hybridized carbons (Fsp3) is 0.308. The second-order valence-corrected chi connectivity index (χ2v) is 6.07. The van der Waals surface area contributed by atoms with Crippen LogP contribution in [-0.2, 0) is 15.0 Å². The first-order valence-corrected chi connectivity index (χ1v) is 7.49. The van der Waals surface area contributed by atoms with Crippen LogP contribution in [0.1, 0.15) is 25.0 Å². The van der Waals surface area contributed by atoms with E-state index in [4.69, 9.17) is 5.11 Å². The average molecular weight is 298 g/mol. The minimum absolute atomic E-state index is 0.202. The lowest BCUT2D eigenvalue weighted by Gasteiger charge is -2.12.